The van der Waals surface area contributed by atoms with Gasteiger partial charge in [0.25, 0.3) is 0 Å². The first-order valence-electron chi connectivity index (χ1n) is 7.06. The Morgan fingerprint density at radius 1 is 1.19 bits per heavy atom. The maximum Gasteiger partial charge on any atom is 0.410 e. The molecule has 0 aromatic rings. The van der Waals surface area contributed by atoms with Crippen molar-refractivity contribution in [3.63, 3.8) is 0 Å². The molecule has 1 unspecified atom stereocenters. The highest BCUT2D eigenvalue weighted by atomic mass is 16.6. The smallest absolute Gasteiger partial charge is 0.410 e. The van der Waals surface area contributed by atoms with E-state index in [9.17, 15) is 14.4 Å². The van der Waals surface area contributed by atoms with Crippen molar-refractivity contribution in [2.24, 2.45) is 5.92 Å². The third-order valence-electron chi connectivity index (χ3n) is 3.65. The standard InChI is InChI=1S/C14H22N2O5/c1-14(2,3)21-13(19)15-7-10(8-15)16-6-9(5-11(16)17)12(18)20-4/h9-10H,5-8H2,1-4H3. The molecular formula is C14H22N2O5. The van der Waals surface area contributed by atoms with Crippen molar-refractivity contribution < 1.29 is 23.9 Å². The first-order chi connectivity index (χ1) is 9.71. The maximum atomic E-state index is 11.9. The SMILES string of the molecule is COC(=O)C1CC(=O)N(C2CN(C(=O)OC(C)(C)C)C2)C1. The topological polar surface area (TPSA) is 76.2 Å². The van der Waals surface area contributed by atoms with Crippen molar-refractivity contribution in [1.29, 1.82) is 0 Å². The average molecular weight is 298 g/mol. The first-order valence-corrected chi connectivity index (χ1v) is 7.06. The molecule has 118 valence electrons. The fourth-order valence-electron chi connectivity index (χ4n) is 2.54. The number of hydrogen-bond donors (Lipinski definition) is 0. The molecule has 1 atom stereocenters. The number of ether oxygens (including phenoxy) is 2. The van der Waals surface area contributed by atoms with Gasteiger partial charge >= 0.3 is 12.1 Å². The van der Waals surface area contributed by atoms with Crippen LogP contribution in [0.25, 0.3) is 0 Å². The lowest BCUT2D eigenvalue weighted by molar-refractivity contribution is -0.145. The van der Waals surface area contributed by atoms with Crippen LogP contribution >= 0.6 is 0 Å². The Kier molecular flexibility index (Phi) is 4.11. The van der Waals surface area contributed by atoms with Gasteiger partial charge in [-0.2, -0.15) is 0 Å². The Balaban J connectivity index is 1.83. The predicted molar refractivity (Wildman–Crippen MR) is 73.4 cm³/mol. The lowest BCUT2D eigenvalue weighted by atomic mass is 10.1. The molecule has 2 amide bonds. The molecule has 0 spiro atoms. The summed E-state index contributed by atoms with van der Waals surface area (Å²) in [5.41, 5.74) is -0.526. The van der Waals surface area contributed by atoms with Gasteiger partial charge in [0.15, 0.2) is 0 Å². The second-order valence-electron chi connectivity index (χ2n) is 6.51. The molecule has 0 aromatic heterocycles. The van der Waals surface area contributed by atoms with Crippen LogP contribution in [0.1, 0.15) is 27.2 Å². The minimum Gasteiger partial charge on any atom is -0.469 e. The van der Waals surface area contributed by atoms with Gasteiger partial charge in [0, 0.05) is 26.1 Å². The van der Waals surface area contributed by atoms with Gasteiger partial charge in [-0.25, -0.2) is 4.79 Å². The van der Waals surface area contributed by atoms with E-state index in [0.29, 0.717) is 19.6 Å². The molecule has 2 aliphatic heterocycles. The molecule has 21 heavy (non-hydrogen) atoms. The van der Waals surface area contributed by atoms with Gasteiger partial charge in [0.2, 0.25) is 5.91 Å². The molecule has 2 aliphatic rings. The zero-order valence-electron chi connectivity index (χ0n) is 12.9. The number of carbonyl (C=O) groups excluding carboxylic acids is 3. The van der Waals surface area contributed by atoms with Crippen molar-refractivity contribution >= 4 is 18.0 Å². The molecule has 2 rings (SSSR count). The Labute approximate surface area is 124 Å². The summed E-state index contributed by atoms with van der Waals surface area (Å²) in [4.78, 5) is 38.5. The van der Waals surface area contributed by atoms with E-state index in [2.05, 4.69) is 4.74 Å². The second kappa shape index (κ2) is 5.54. The number of esters is 1. The molecule has 2 saturated heterocycles. The molecule has 7 heteroatoms. The predicted octanol–water partition coefficient (Wildman–Crippen LogP) is 0.627. The van der Waals surface area contributed by atoms with E-state index in [1.165, 1.54) is 7.11 Å². The molecule has 0 aromatic carbocycles. The van der Waals surface area contributed by atoms with Crippen molar-refractivity contribution in [3.8, 4) is 0 Å². The van der Waals surface area contributed by atoms with Gasteiger partial charge in [0.05, 0.1) is 19.1 Å². The van der Waals surface area contributed by atoms with Crippen molar-refractivity contribution in [1.82, 2.24) is 9.80 Å². The molecule has 0 aliphatic carbocycles. The summed E-state index contributed by atoms with van der Waals surface area (Å²) in [5, 5.41) is 0. The molecule has 7 nitrogen and oxygen atoms in total. The molecule has 0 bridgehead atoms. The summed E-state index contributed by atoms with van der Waals surface area (Å²) in [6, 6.07) is -0.0281. The highest BCUT2D eigenvalue weighted by Crippen LogP contribution is 2.26. The Morgan fingerprint density at radius 2 is 1.81 bits per heavy atom. The van der Waals surface area contributed by atoms with Gasteiger partial charge in [0.1, 0.15) is 5.60 Å². The second-order valence-corrected chi connectivity index (χ2v) is 6.51. The average Bonchev–Trinajstić information content (AvgIpc) is 2.66. The quantitative estimate of drug-likeness (QED) is 0.699. The van der Waals surface area contributed by atoms with Crippen molar-refractivity contribution in [3.05, 3.63) is 0 Å². The van der Waals surface area contributed by atoms with Crippen LogP contribution in [0.5, 0.6) is 0 Å². The van der Waals surface area contributed by atoms with Crippen LogP contribution in [0.3, 0.4) is 0 Å². The number of nitrogens with zero attached hydrogens (tertiary/aromatic N) is 2. The van der Waals surface area contributed by atoms with E-state index in [1.54, 1.807) is 9.80 Å². The van der Waals surface area contributed by atoms with Gasteiger partial charge < -0.3 is 19.3 Å². The van der Waals surface area contributed by atoms with Gasteiger partial charge in [-0.05, 0) is 20.8 Å². The number of hydrogen-bond acceptors (Lipinski definition) is 5. The van der Waals surface area contributed by atoms with Crippen LogP contribution in [0.15, 0.2) is 0 Å². The van der Waals surface area contributed by atoms with Crippen LogP contribution in [0.2, 0.25) is 0 Å². The summed E-state index contributed by atoms with van der Waals surface area (Å²) in [6.07, 6.45) is -0.176. The van der Waals surface area contributed by atoms with Crippen molar-refractivity contribution in [2.45, 2.75) is 38.8 Å². The van der Waals surface area contributed by atoms with Gasteiger partial charge in [-0.1, -0.05) is 0 Å². The number of rotatable bonds is 2. The molecule has 0 saturated carbocycles. The largest absolute Gasteiger partial charge is 0.469 e. The fraction of sp³-hybridized carbons (Fsp3) is 0.786. The Bertz CT molecular complexity index is 451. The Morgan fingerprint density at radius 3 is 2.33 bits per heavy atom. The minimum atomic E-state index is -0.526. The summed E-state index contributed by atoms with van der Waals surface area (Å²) >= 11 is 0. The molecule has 0 radical (unpaired) electrons. The van der Waals surface area contributed by atoms with Crippen molar-refractivity contribution in [2.75, 3.05) is 26.7 Å². The fourth-order valence-corrected chi connectivity index (χ4v) is 2.54. The number of likely N-dealkylation sites (tertiary alicyclic amines) is 2. The zero-order chi connectivity index (χ0) is 15.8. The van der Waals surface area contributed by atoms with E-state index in [1.807, 2.05) is 20.8 Å². The molecule has 0 N–H and O–H groups in total. The monoisotopic (exact) mass is 298 g/mol. The number of carbonyl (C=O) groups is 3. The van der Waals surface area contributed by atoms with Crippen LogP contribution in [-0.4, -0.2) is 66.2 Å². The summed E-state index contributed by atoms with van der Waals surface area (Å²) in [7, 11) is 1.32. The highest BCUT2D eigenvalue weighted by Gasteiger charge is 2.44. The summed E-state index contributed by atoms with van der Waals surface area (Å²) in [5.74, 6) is -0.800. The van der Waals surface area contributed by atoms with E-state index in [-0.39, 0.29) is 30.4 Å². The van der Waals surface area contributed by atoms with Crippen LogP contribution < -0.4 is 0 Å². The third-order valence-corrected chi connectivity index (χ3v) is 3.65. The lowest BCUT2D eigenvalue weighted by Gasteiger charge is -2.44. The lowest BCUT2D eigenvalue weighted by Crippen LogP contribution is -2.62. The van der Waals surface area contributed by atoms with E-state index in [0.717, 1.165) is 0 Å². The first kappa shape index (κ1) is 15.6. The van der Waals surface area contributed by atoms with Crippen LogP contribution in [0, 0.1) is 5.92 Å². The third kappa shape index (κ3) is 3.46. The summed E-state index contributed by atoms with van der Waals surface area (Å²) in [6.45, 7) is 6.72. The molecule has 2 fully saturated rings. The van der Waals surface area contributed by atoms with E-state index < -0.39 is 11.5 Å². The minimum absolute atomic E-state index is 0.0281. The zero-order valence-corrected chi connectivity index (χ0v) is 12.9. The van der Waals surface area contributed by atoms with Crippen LogP contribution in [-0.2, 0) is 19.1 Å². The number of amides is 2. The summed E-state index contributed by atoms with van der Waals surface area (Å²) < 4.78 is 9.94. The van der Waals surface area contributed by atoms with Gasteiger partial charge in [-0.3, -0.25) is 9.59 Å². The maximum absolute atomic E-state index is 11.9. The van der Waals surface area contributed by atoms with E-state index in [4.69, 9.17) is 4.74 Å². The molecule has 2 heterocycles. The highest BCUT2D eigenvalue weighted by molar-refractivity contribution is 5.87. The normalized spacial score (nSPS) is 23.0. The molecular weight excluding hydrogens is 276 g/mol. The van der Waals surface area contributed by atoms with Gasteiger partial charge in [-0.15, -0.1) is 0 Å². The van der Waals surface area contributed by atoms with Crippen LogP contribution in [0.4, 0.5) is 4.79 Å². The number of methoxy groups -OCH3 is 1. The Hall–Kier alpha value is -1.79. The van der Waals surface area contributed by atoms with E-state index >= 15 is 0 Å².